The van der Waals surface area contributed by atoms with Crippen molar-refractivity contribution in [1.29, 1.82) is 0 Å². The number of likely N-dealkylation sites (tertiary alicyclic amines) is 1. The van der Waals surface area contributed by atoms with Crippen LogP contribution in [0.4, 0.5) is 0 Å². The number of benzene rings is 1. The van der Waals surface area contributed by atoms with Gasteiger partial charge in [0.05, 0.1) is 6.61 Å². The number of ether oxygens (including phenoxy) is 1. The van der Waals surface area contributed by atoms with Crippen LogP contribution in [0.25, 0.3) is 0 Å². The zero-order valence-corrected chi connectivity index (χ0v) is 19.2. The van der Waals surface area contributed by atoms with E-state index in [1.165, 1.54) is 13.0 Å². The number of hydrogen-bond donors (Lipinski definition) is 3. The second-order valence-electron chi connectivity index (χ2n) is 7.63. The molecule has 2 fully saturated rings. The van der Waals surface area contributed by atoms with Crippen molar-refractivity contribution >= 4 is 29.9 Å². The van der Waals surface area contributed by atoms with Gasteiger partial charge in [0.2, 0.25) is 0 Å². The van der Waals surface area contributed by atoms with Crippen molar-refractivity contribution in [3.05, 3.63) is 29.8 Å². The van der Waals surface area contributed by atoms with Crippen molar-refractivity contribution in [2.45, 2.75) is 38.6 Å². The first kappa shape index (κ1) is 23.2. The minimum absolute atomic E-state index is 0. The molecule has 0 aliphatic carbocycles. The molecule has 0 bridgehead atoms. The Kier molecular flexibility index (Phi) is 10.4. The van der Waals surface area contributed by atoms with Crippen LogP contribution in [0.15, 0.2) is 29.3 Å². The summed E-state index contributed by atoms with van der Waals surface area (Å²) in [6.45, 7) is 9.03. The summed E-state index contributed by atoms with van der Waals surface area (Å²) in [5, 5.41) is 16.5. The molecule has 7 heteroatoms. The topological polar surface area (TPSA) is 69.1 Å². The van der Waals surface area contributed by atoms with Crippen LogP contribution in [0.3, 0.4) is 0 Å². The standard InChI is InChI=1S/C21H34N4O2.HI/c1-2-22-21(23-10-6-17-4-3-5-20(26)14-17)24-19-7-11-25(12-8-19)15-18-9-13-27-16-18;/h3-5,14,18-19,26H,2,6-13,15-16H2,1H3,(H2,22,23,24);1H. The highest BCUT2D eigenvalue weighted by molar-refractivity contribution is 14.0. The molecule has 2 heterocycles. The zero-order chi connectivity index (χ0) is 18.9. The second kappa shape index (κ2) is 12.5. The summed E-state index contributed by atoms with van der Waals surface area (Å²) >= 11 is 0. The van der Waals surface area contributed by atoms with E-state index in [-0.39, 0.29) is 24.0 Å². The molecule has 6 nitrogen and oxygen atoms in total. The van der Waals surface area contributed by atoms with Gasteiger partial charge in [0.15, 0.2) is 5.96 Å². The van der Waals surface area contributed by atoms with Gasteiger partial charge in [-0.25, -0.2) is 0 Å². The van der Waals surface area contributed by atoms with E-state index < -0.39 is 0 Å². The predicted octanol–water partition coefficient (Wildman–Crippen LogP) is 2.61. The SMILES string of the molecule is CCNC(=NCCc1cccc(O)c1)NC1CCN(CC2CCOC2)CC1.I. The number of aromatic hydroxyl groups is 1. The molecule has 2 aliphatic heterocycles. The average Bonchev–Trinajstić information content (AvgIpc) is 3.17. The number of hydrogen-bond acceptors (Lipinski definition) is 4. The molecule has 0 amide bonds. The fraction of sp³-hybridized carbons (Fsp3) is 0.667. The molecule has 2 saturated heterocycles. The largest absolute Gasteiger partial charge is 0.508 e. The van der Waals surface area contributed by atoms with Gasteiger partial charge in [-0.05, 0) is 56.2 Å². The lowest BCUT2D eigenvalue weighted by Gasteiger charge is -2.34. The monoisotopic (exact) mass is 502 g/mol. The fourth-order valence-electron chi connectivity index (χ4n) is 3.87. The first-order valence-corrected chi connectivity index (χ1v) is 10.4. The van der Waals surface area contributed by atoms with Gasteiger partial charge < -0.3 is 25.4 Å². The van der Waals surface area contributed by atoms with E-state index in [9.17, 15) is 5.11 Å². The number of rotatable bonds is 7. The van der Waals surface area contributed by atoms with Crippen molar-refractivity contribution in [1.82, 2.24) is 15.5 Å². The van der Waals surface area contributed by atoms with E-state index in [1.54, 1.807) is 12.1 Å². The Labute approximate surface area is 186 Å². The highest BCUT2D eigenvalue weighted by atomic mass is 127. The van der Waals surface area contributed by atoms with Crippen LogP contribution in [-0.2, 0) is 11.2 Å². The molecule has 1 aromatic rings. The Morgan fingerprint density at radius 1 is 1.29 bits per heavy atom. The summed E-state index contributed by atoms with van der Waals surface area (Å²) in [4.78, 5) is 7.30. The first-order chi connectivity index (χ1) is 13.2. The quantitative estimate of drug-likeness (QED) is 0.304. The second-order valence-corrected chi connectivity index (χ2v) is 7.63. The summed E-state index contributed by atoms with van der Waals surface area (Å²) in [6.07, 6.45) is 4.36. The molecule has 0 radical (unpaired) electrons. The first-order valence-electron chi connectivity index (χ1n) is 10.4. The smallest absolute Gasteiger partial charge is 0.191 e. The van der Waals surface area contributed by atoms with Crippen LogP contribution in [0.5, 0.6) is 5.75 Å². The molecule has 158 valence electrons. The number of nitrogens with zero attached hydrogens (tertiary/aromatic N) is 2. The maximum atomic E-state index is 9.56. The van der Waals surface area contributed by atoms with Crippen LogP contribution in [0.1, 0.15) is 31.7 Å². The van der Waals surface area contributed by atoms with Crippen LogP contribution in [-0.4, -0.2) is 67.9 Å². The van der Waals surface area contributed by atoms with Crippen molar-refractivity contribution in [2.24, 2.45) is 10.9 Å². The molecular weight excluding hydrogens is 467 g/mol. The third kappa shape index (κ3) is 7.75. The van der Waals surface area contributed by atoms with E-state index in [1.807, 2.05) is 12.1 Å². The molecular formula is C21H35IN4O2. The number of phenols is 1. The number of phenolic OH excluding ortho intramolecular Hbond substituents is 1. The van der Waals surface area contributed by atoms with Crippen molar-refractivity contribution in [3.63, 3.8) is 0 Å². The molecule has 1 unspecified atom stereocenters. The number of nitrogens with one attached hydrogen (secondary N) is 2. The molecule has 0 spiro atoms. The summed E-state index contributed by atoms with van der Waals surface area (Å²) < 4.78 is 5.50. The number of aliphatic imine (C=N–C) groups is 1. The predicted molar refractivity (Wildman–Crippen MR) is 125 cm³/mol. The molecule has 28 heavy (non-hydrogen) atoms. The lowest BCUT2D eigenvalue weighted by molar-refractivity contribution is 0.150. The maximum Gasteiger partial charge on any atom is 0.191 e. The molecule has 1 aromatic carbocycles. The highest BCUT2D eigenvalue weighted by Gasteiger charge is 2.24. The van der Waals surface area contributed by atoms with Gasteiger partial charge in [-0.1, -0.05) is 12.1 Å². The van der Waals surface area contributed by atoms with Gasteiger partial charge in [0.1, 0.15) is 5.75 Å². The van der Waals surface area contributed by atoms with Gasteiger partial charge in [-0.2, -0.15) is 0 Å². The van der Waals surface area contributed by atoms with Crippen LogP contribution in [0.2, 0.25) is 0 Å². The highest BCUT2D eigenvalue weighted by Crippen LogP contribution is 2.17. The zero-order valence-electron chi connectivity index (χ0n) is 16.9. The van der Waals surface area contributed by atoms with Crippen LogP contribution in [0, 0.1) is 5.92 Å². The minimum atomic E-state index is 0. The van der Waals surface area contributed by atoms with E-state index in [0.29, 0.717) is 18.3 Å². The van der Waals surface area contributed by atoms with Crippen molar-refractivity contribution in [3.8, 4) is 5.75 Å². The third-order valence-corrected chi connectivity index (χ3v) is 5.39. The Bertz CT molecular complexity index is 600. The number of piperidine rings is 1. The van der Waals surface area contributed by atoms with E-state index in [4.69, 9.17) is 9.73 Å². The molecule has 0 aromatic heterocycles. The van der Waals surface area contributed by atoms with E-state index in [0.717, 1.165) is 69.6 Å². The molecule has 1 atom stereocenters. The van der Waals surface area contributed by atoms with E-state index in [2.05, 4.69) is 22.5 Å². The van der Waals surface area contributed by atoms with Crippen molar-refractivity contribution < 1.29 is 9.84 Å². The lowest BCUT2D eigenvalue weighted by Crippen LogP contribution is -2.49. The molecule has 0 saturated carbocycles. The van der Waals surface area contributed by atoms with Crippen molar-refractivity contribution in [2.75, 3.05) is 45.9 Å². The van der Waals surface area contributed by atoms with Crippen LogP contribution >= 0.6 is 24.0 Å². The average molecular weight is 502 g/mol. The molecule has 3 rings (SSSR count). The Hall–Kier alpha value is -1.06. The summed E-state index contributed by atoms with van der Waals surface area (Å²) in [5.74, 6) is 1.95. The van der Waals surface area contributed by atoms with Gasteiger partial charge in [0.25, 0.3) is 0 Å². The normalized spacial score (nSPS) is 21.3. The maximum absolute atomic E-state index is 9.56. The van der Waals surface area contributed by atoms with E-state index >= 15 is 0 Å². The Balaban J connectivity index is 0.00000280. The summed E-state index contributed by atoms with van der Waals surface area (Å²) in [7, 11) is 0. The molecule has 3 N–H and O–H groups in total. The summed E-state index contributed by atoms with van der Waals surface area (Å²) in [6, 6.07) is 7.90. The fourth-order valence-corrected chi connectivity index (χ4v) is 3.87. The third-order valence-electron chi connectivity index (χ3n) is 5.39. The number of halogens is 1. The van der Waals surface area contributed by atoms with Gasteiger partial charge in [-0.15, -0.1) is 24.0 Å². The Morgan fingerprint density at radius 2 is 2.11 bits per heavy atom. The number of guanidine groups is 1. The summed E-state index contributed by atoms with van der Waals surface area (Å²) in [5.41, 5.74) is 1.11. The minimum Gasteiger partial charge on any atom is -0.508 e. The van der Waals surface area contributed by atoms with Gasteiger partial charge in [0, 0.05) is 45.4 Å². The Morgan fingerprint density at radius 3 is 2.79 bits per heavy atom. The van der Waals surface area contributed by atoms with Crippen LogP contribution < -0.4 is 10.6 Å². The lowest BCUT2D eigenvalue weighted by atomic mass is 10.0. The van der Waals surface area contributed by atoms with Gasteiger partial charge >= 0.3 is 0 Å². The van der Waals surface area contributed by atoms with Gasteiger partial charge in [-0.3, -0.25) is 4.99 Å². The molecule has 2 aliphatic rings.